The minimum atomic E-state index is -0.378. The van der Waals surface area contributed by atoms with Crippen LogP contribution < -0.4 is 5.32 Å². The molecule has 2 rings (SSSR count). The second-order valence-corrected chi connectivity index (χ2v) is 5.94. The molecule has 0 radical (unpaired) electrons. The average molecular weight is 275 g/mol. The molecule has 1 N–H and O–H groups in total. The molecule has 20 heavy (non-hydrogen) atoms. The van der Waals surface area contributed by atoms with E-state index in [1.54, 1.807) is 18.5 Å². The van der Waals surface area contributed by atoms with Crippen molar-refractivity contribution in [1.82, 2.24) is 15.3 Å². The van der Waals surface area contributed by atoms with Crippen LogP contribution in [0.3, 0.4) is 0 Å². The molecule has 6 heteroatoms. The first-order chi connectivity index (χ1) is 9.36. The highest BCUT2D eigenvalue weighted by molar-refractivity contribution is 6.55. The number of likely N-dealkylation sites (N-methyl/N-ethyl adjacent to an activating group) is 1. The molecule has 1 aliphatic heterocycles. The smallest absolute Gasteiger partial charge is 0.400 e. The van der Waals surface area contributed by atoms with Crippen LogP contribution in [0, 0.1) is 0 Å². The summed E-state index contributed by atoms with van der Waals surface area (Å²) in [6, 6.07) is 1.80. The van der Waals surface area contributed by atoms with Crippen LogP contribution in [0.1, 0.15) is 33.5 Å². The molecule has 1 saturated heterocycles. The Morgan fingerprint density at radius 2 is 1.75 bits per heavy atom. The molecule has 1 aliphatic rings. The summed E-state index contributed by atoms with van der Waals surface area (Å²) in [6.45, 7) is 8.84. The monoisotopic (exact) mass is 275 g/mol. The van der Waals surface area contributed by atoms with Crippen molar-refractivity contribution in [2.24, 2.45) is 0 Å². The fourth-order valence-electron chi connectivity index (χ4n) is 1.95. The molecule has 0 aromatic carbocycles. The molecule has 2 heterocycles. The van der Waals surface area contributed by atoms with E-state index in [2.05, 4.69) is 15.3 Å². The van der Waals surface area contributed by atoms with Crippen molar-refractivity contribution in [3.8, 4) is 0 Å². The summed E-state index contributed by atoms with van der Waals surface area (Å²) in [5, 5.41) is 3.14. The predicted molar refractivity (Wildman–Crippen MR) is 80.0 cm³/mol. The van der Waals surface area contributed by atoms with E-state index in [1.807, 2.05) is 40.8 Å². The number of aromatic nitrogens is 2. The van der Waals surface area contributed by atoms with E-state index in [0.717, 1.165) is 5.47 Å². The maximum atomic E-state index is 6.06. The molecule has 1 aromatic rings. The molecule has 0 atom stereocenters. The van der Waals surface area contributed by atoms with Crippen LogP contribution in [0.4, 0.5) is 0 Å². The normalized spacial score (nSPS) is 21.2. The molecule has 1 fully saturated rings. The molecule has 0 aliphatic carbocycles. The number of hydrogen-bond donors (Lipinski definition) is 1. The third-order valence-corrected chi connectivity index (χ3v) is 3.84. The van der Waals surface area contributed by atoms with Crippen molar-refractivity contribution in [2.45, 2.75) is 38.9 Å². The standard InChI is InChI=1S/C14H22BN3O2/c1-13(2)14(3,4)20-15(19-13)11(10-16-5)9-12-17-7-6-8-18-12/h6-9,16H,10H2,1-5H3. The lowest BCUT2D eigenvalue weighted by Gasteiger charge is -2.32. The summed E-state index contributed by atoms with van der Waals surface area (Å²) >= 11 is 0. The van der Waals surface area contributed by atoms with Gasteiger partial charge in [0, 0.05) is 18.9 Å². The van der Waals surface area contributed by atoms with Gasteiger partial charge in [0.1, 0.15) is 0 Å². The van der Waals surface area contributed by atoms with Crippen LogP contribution in [0.2, 0.25) is 0 Å². The van der Waals surface area contributed by atoms with Crippen LogP contribution in [0.15, 0.2) is 23.9 Å². The molecule has 0 unspecified atom stereocenters. The minimum Gasteiger partial charge on any atom is -0.400 e. The lowest BCUT2D eigenvalue weighted by Crippen LogP contribution is -2.41. The van der Waals surface area contributed by atoms with Gasteiger partial charge in [-0.1, -0.05) is 0 Å². The van der Waals surface area contributed by atoms with Crippen molar-refractivity contribution in [3.05, 3.63) is 29.8 Å². The van der Waals surface area contributed by atoms with E-state index in [1.165, 1.54) is 0 Å². The number of nitrogens with zero attached hydrogens (tertiary/aromatic N) is 2. The van der Waals surface area contributed by atoms with Gasteiger partial charge in [0.2, 0.25) is 0 Å². The Labute approximate surface area is 120 Å². The second-order valence-electron chi connectivity index (χ2n) is 5.94. The molecule has 108 valence electrons. The van der Waals surface area contributed by atoms with Gasteiger partial charge in [0.25, 0.3) is 0 Å². The zero-order valence-electron chi connectivity index (χ0n) is 12.8. The van der Waals surface area contributed by atoms with Crippen molar-refractivity contribution in [2.75, 3.05) is 13.6 Å². The molecule has 5 nitrogen and oxygen atoms in total. The summed E-state index contributed by atoms with van der Waals surface area (Å²) < 4.78 is 12.1. The Kier molecular flexibility index (Phi) is 4.27. The SMILES string of the molecule is CNCC(=Cc1ncccn1)B1OC(C)(C)C(C)(C)O1. The van der Waals surface area contributed by atoms with Crippen LogP contribution in [-0.2, 0) is 9.31 Å². The zero-order chi connectivity index (χ0) is 14.8. The lowest BCUT2D eigenvalue weighted by atomic mass is 9.77. The molecule has 0 spiro atoms. The van der Waals surface area contributed by atoms with Gasteiger partial charge >= 0.3 is 7.12 Å². The Morgan fingerprint density at radius 3 is 2.25 bits per heavy atom. The Bertz CT molecular complexity index is 472. The highest BCUT2D eigenvalue weighted by Gasteiger charge is 2.52. The lowest BCUT2D eigenvalue weighted by molar-refractivity contribution is 0.00578. The van der Waals surface area contributed by atoms with E-state index in [-0.39, 0.29) is 18.3 Å². The van der Waals surface area contributed by atoms with Gasteiger partial charge in [-0.25, -0.2) is 9.97 Å². The van der Waals surface area contributed by atoms with Gasteiger partial charge < -0.3 is 14.6 Å². The summed E-state index contributed by atoms with van der Waals surface area (Å²) in [7, 11) is 1.52. The van der Waals surface area contributed by atoms with Crippen LogP contribution in [0.5, 0.6) is 0 Å². The van der Waals surface area contributed by atoms with Gasteiger partial charge in [0.15, 0.2) is 5.82 Å². The fourth-order valence-corrected chi connectivity index (χ4v) is 1.95. The molecule has 0 amide bonds. The zero-order valence-corrected chi connectivity index (χ0v) is 12.8. The van der Waals surface area contributed by atoms with Gasteiger partial charge in [-0.05, 0) is 52.4 Å². The number of hydrogen-bond acceptors (Lipinski definition) is 5. The van der Waals surface area contributed by atoms with E-state index in [0.29, 0.717) is 12.4 Å². The molecule has 0 bridgehead atoms. The van der Waals surface area contributed by atoms with Crippen molar-refractivity contribution >= 4 is 13.2 Å². The quantitative estimate of drug-likeness (QED) is 0.848. The number of rotatable bonds is 4. The van der Waals surface area contributed by atoms with Crippen molar-refractivity contribution in [1.29, 1.82) is 0 Å². The summed E-state index contributed by atoms with van der Waals surface area (Å²) in [4.78, 5) is 8.44. The second kappa shape index (κ2) is 5.64. The van der Waals surface area contributed by atoms with Crippen LogP contribution >= 0.6 is 0 Å². The van der Waals surface area contributed by atoms with Crippen LogP contribution in [0.25, 0.3) is 6.08 Å². The fraction of sp³-hybridized carbons (Fsp3) is 0.571. The van der Waals surface area contributed by atoms with Crippen molar-refractivity contribution in [3.63, 3.8) is 0 Å². The largest absolute Gasteiger partial charge is 0.492 e. The molecular weight excluding hydrogens is 253 g/mol. The third-order valence-electron chi connectivity index (χ3n) is 3.84. The summed E-state index contributed by atoms with van der Waals surface area (Å²) in [5.41, 5.74) is 0.293. The first-order valence-corrected chi connectivity index (χ1v) is 6.83. The first-order valence-electron chi connectivity index (χ1n) is 6.83. The Hall–Kier alpha value is -1.24. The van der Waals surface area contributed by atoms with Crippen LogP contribution in [-0.4, -0.2) is 41.9 Å². The maximum Gasteiger partial charge on any atom is 0.492 e. The molecule has 1 aromatic heterocycles. The Balaban J connectivity index is 2.25. The molecular formula is C14H22BN3O2. The van der Waals surface area contributed by atoms with Gasteiger partial charge in [-0.2, -0.15) is 0 Å². The highest BCUT2D eigenvalue weighted by Crippen LogP contribution is 2.38. The third kappa shape index (κ3) is 3.08. The predicted octanol–water partition coefficient (Wildman–Crippen LogP) is 1.71. The number of nitrogens with one attached hydrogen (secondary N) is 1. The average Bonchev–Trinajstić information content (AvgIpc) is 2.59. The van der Waals surface area contributed by atoms with E-state index in [9.17, 15) is 0 Å². The summed E-state index contributed by atoms with van der Waals surface area (Å²) in [5.74, 6) is 0.660. The van der Waals surface area contributed by atoms with Gasteiger partial charge in [-0.15, -0.1) is 0 Å². The van der Waals surface area contributed by atoms with E-state index >= 15 is 0 Å². The summed E-state index contributed by atoms with van der Waals surface area (Å²) in [6.07, 6.45) is 5.36. The van der Waals surface area contributed by atoms with Gasteiger partial charge in [-0.3, -0.25) is 0 Å². The molecule has 0 saturated carbocycles. The topological polar surface area (TPSA) is 56.3 Å². The Morgan fingerprint density at radius 1 is 1.20 bits per heavy atom. The highest BCUT2D eigenvalue weighted by atomic mass is 16.7. The van der Waals surface area contributed by atoms with E-state index in [4.69, 9.17) is 9.31 Å². The maximum absolute atomic E-state index is 6.06. The van der Waals surface area contributed by atoms with Crippen molar-refractivity contribution < 1.29 is 9.31 Å². The van der Waals surface area contributed by atoms with Gasteiger partial charge in [0.05, 0.1) is 11.2 Å². The minimum absolute atomic E-state index is 0.345. The first kappa shape index (κ1) is 15.2. The van der Waals surface area contributed by atoms with E-state index < -0.39 is 0 Å².